The molecule has 9 heteroatoms. The normalized spacial score (nSPS) is 10.8. The molecular weight excluding hydrogens is 334 g/mol. The van der Waals surface area contributed by atoms with Crippen LogP contribution < -0.4 is 15.6 Å². The van der Waals surface area contributed by atoms with Gasteiger partial charge in [-0.3, -0.25) is 9.59 Å². The maximum atomic E-state index is 12.4. The average molecular weight is 346 g/mol. The van der Waals surface area contributed by atoms with Crippen LogP contribution in [0.25, 0.3) is 10.9 Å². The minimum atomic E-state index is -3.02. The summed E-state index contributed by atoms with van der Waals surface area (Å²) < 4.78 is 30.0. The predicted octanol–water partition coefficient (Wildman–Crippen LogP) is 2.03. The zero-order valence-corrected chi connectivity index (χ0v) is 12.7. The van der Waals surface area contributed by atoms with Gasteiger partial charge < -0.3 is 10.1 Å². The fourth-order valence-corrected chi connectivity index (χ4v) is 2.22. The Hall–Kier alpha value is -3.36. The lowest BCUT2D eigenvalue weighted by Gasteiger charge is -2.11. The molecule has 0 saturated carbocycles. The lowest BCUT2D eigenvalue weighted by atomic mass is 10.2. The van der Waals surface area contributed by atoms with Gasteiger partial charge in [0, 0.05) is 0 Å². The van der Waals surface area contributed by atoms with Crippen molar-refractivity contribution in [1.29, 1.82) is 0 Å². The summed E-state index contributed by atoms with van der Waals surface area (Å²) in [6, 6.07) is 12.3. The van der Waals surface area contributed by atoms with Crippen molar-refractivity contribution in [3.8, 4) is 5.75 Å². The number of nitrogens with zero attached hydrogens (tertiary/aromatic N) is 3. The van der Waals surface area contributed by atoms with E-state index in [1.807, 2.05) is 0 Å². The van der Waals surface area contributed by atoms with Crippen LogP contribution in [0.1, 0.15) is 0 Å². The van der Waals surface area contributed by atoms with Crippen molar-refractivity contribution in [3.63, 3.8) is 0 Å². The second-order valence-corrected chi connectivity index (χ2v) is 4.99. The van der Waals surface area contributed by atoms with E-state index in [2.05, 4.69) is 20.4 Å². The SMILES string of the molecule is O=C(Cn1nnc2ccccc2c1=O)Nc1ccccc1OC(F)F. The lowest BCUT2D eigenvalue weighted by Crippen LogP contribution is -2.30. The number of alkyl halides is 2. The second kappa shape index (κ2) is 7.04. The first kappa shape index (κ1) is 16.5. The molecule has 0 aliphatic carbocycles. The van der Waals surface area contributed by atoms with E-state index >= 15 is 0 Å². The number of anilines is 1. The Bertz CT molecular complexity index is 975. The molecule has 0 saturated heterocycles. The van der Waals surface area contributed by atoms with Crippen LogP contribution in [0, 0.1) is 0 Å². The van der Waals surface area contributed by atoms with Gasteiger partial charge in [-0.25, -0.2) is 4.68 Å². The highest BCUT2D eigenvalue weighted by Gasteiger charge is 2.13. The summed E-state index contributed by atoms with van der Waals surface area (Å²) in [6.07, 6.45) is 0. The number of ether oxygens (including phenoxy) is 1. The van der Waals surface area contributed by atoms with Crippen molar-refractivity contribution in [1.82, 2.24) is 15.0 Å². The highest BCUT2D eigenvalue weighted by atomic mass is 19.3. The molecule has 25 heavy (non-hydrogen) atoms. The summed E-state index contributed by atoms with van der Waals surface area (Å²) in [5.74, 6) is -0.806. The van der Waals surface area contributed by atoms with Crippen molar-refractivity contribution in [2.45, 2.75) is 13.2 Å². The third kappa shape index (κ3) is 3.77. The molecule has 0 unspecified atom stereocenters. The Balaban J connectivity index is 1.80. The number of hydrogen-bond acceptors (Lipinski definition) is 5. The van der Waals surface area contributed by atoms with Gasteiger partial charge in [0.2, 0.25) is 5.91 Å². The predicted molar refractivity (Wildman–Crippen MR) is 85.5 cm³/mol. The van der Waals surface area contributed by atoms with Gasteiger partial charge in [0.1, 0.15) is 17.8 Å². The van der Waals surface area contributed by atoms with Crippen LogP contribution in [0.15, 0.2) is 53.3 Å². The van der Waals surface area contributed by atoms with Crippen molar-refractivity contribution in [2.24, 2.45) is 0 Å². The van der Waals surface area contributed by atoms with E-state index in [0.29, 0.717) is 10.9 Å². The van der Waals surface area contributed by atoms with E-state index in [0.717, 1.165) is 4.68 Å². The van der Waals surface area contributed by atoms with Gasteiger partial charge >= 0.3 is 6.61 Å². The average Bonchev–Trinajstić information content (AvgIpc) is 2.59. The number of nitrogens with one attached hydrogen (secondary N) is 1. The Morgan fingerprint density at radius 2 is 1.88 bits per heavy atom. The lowest BCUT2D eigenvalue weighted by molar-refractivity contribution is -0.117. The van der Waals surface area contributed by atoms with E-state index in [1.54, 1.807) is 30.3 Å². The maximum Gasteiger partial charge on any atom is 0.387 e. The molecular formula is C16H12F2N4O3. The molecule has 1 aromatic heterocycles. The van der Waals surface area contributed by atoms with Gasteiger partial charge in [-0.15, -0.1) is 5.10 Å². The number of rotatable bonds is 5. The quantitative estimate of drug-likeness (QED) is 0.764. The number of hydrogen-bond donors (Lipinski definition) is 1. The summed E-state index contributed by atoms with van der Waals surface area (Å²) in [7, 11) is 0. The molecule has 1 amide bonds. The molecule has 7 nitrogen and oxygen atoms in total. The van der Waals surface area contributed by atoms with Crippen LogP contribution in [-0.2, 0) is 11.3 Å². The minimum absolute atomic E-state index is 0.0644. The molecule has 2 aromatic carbocycles. The van der Waals surface area contributed by atoms with E-state index in [9.17, 15) is 18.4 Å². The molecule has 0 radical (unpaired) electrons. The Morgan fingerprint density at radius 3 is 2.68 bits per heavy atom. The van der Waals surface area contributed by atoms with E-state index in [1.165, 1.54) is 18.2 Å². The van der Waals surface area contributed by atoms with Gasteiger partial charge in [-0.2, -0.15) is 8.78 Å². The molecule has 128 valence electrons. The second-order valence-electron chi connectivity index (χ2n) is 4.99. The molecule has 0 bridgehead atoms. The van der Waals surface area contributed by atoms with E-state index < -0.39 is 24.6 Å². The van der Waals surface area contributed by atoms with Gasteiger partial charge in [-0.1, -0.05) is 29.5 Å². The fourth-order valence-electron chi connectivity index (χ4n) is 2.22. The third-order valence-corrected chi connectivity index (χ3v) is 3.30. The van der Waals surface area contributed by atoms with Gasteiger partial charge in [0.25, 0.3) is 5.56 Å². The molecule has 0 fully saturated rings. The van der Waals surface area contributed by atoms with Gasteiger partial charge in [0.05, 0.1) is 11.1 Å². The van der Waals surface area contributed by atoms with Crippen molar-refractivity contribution in [3.05, 3.63) is 58.9 Å². The van der Waals surface area contributed by atoms with Crippen LogP contribution in [0.5, 0.6) is 5.75 Å². The first-order valence-electron chi connectivity index (χ1n) is 7.21. The Morgan fingerprint density at radius 1 is 1.16 bits per heavy atom. The number of benzene rings is 2. The van der Waals surface area contributed by atoms with Crippen molar-refractivity contribution < 1.29 is 18.3 Å². The highest BCUT2D eigenvalue weighted by molar-refractivity contribution is 5.92. The number of para-hydroxylation sites is 2. The molecule has 1 N–H and O–H groups in total. The first-order chi connectivity index (χ1) is 12.0. The number of amides is 1. The van der Waals surface area contributed by atoms with Crippen LogP contribution in [0.4, 0.5) is 14.5 Å². The Kier molecular flexibility index (Phi) is 4.64. The molecule has 0 aliphatic rings. The summed E-state index contributed by atoms with van der Waals surface area (Å²) in [5, 5.41) is 10.3. The third-order valence-electron chi connectivity index (χ3n) is 3.30. The maximum absolute atomic E-state index is 12.4. The Labute approximate surface area is 139 Å². The molecule has 0 aliphatic heterocycles. The first-order valence-corrected chi connectivity index (χ1v) is 7.21. The number of halogens is 2. The standard InChI is InChI=1S/C16H12F2N4O3/c17-16(18)25-13-8-4-3-7-12(13)19-14(23)9-22-15(24)10-5-1-2-6-11(10)20-21-22/h1-8,16H,9H2,(H,19,23). The summed E-state index contributed by atoms with van der Waals surface area (Å²) in [5.41, 5.74) is 0.00676. The molecule has 0 atom stereocenters. The largest absolute Gasteiger partial charge is 0.433 e. The van der Waals surface area contributed by atoms with Crippen LogP contribution in [0.3, 0.4) is 0 Å². The molecule has 3 rings (SSSR count). The zero-order chi connectivity index (χ0) is 17.8. The van der Waals surface area contributed by atoms with Crippen molar-refractivity contribution in [2.75, 3.05) is 5.32 Å². The minimum Gasteiger partial charge on any atom is -0.433 e. The van der Waals surface area contributed by atoms with Gasteiger partial charge in [-0.05, 0) is 24.3 Å². The van der Waals surface area contributed by atoms with Crippen LogP contribution in [-0.4, -0.2) is 27.5 Å². The fraction of sp³-hybridized carbons (Fsp3) is 0.125. The number of carbonyl (C=O) groups excluding carboxylic acids is 1. The topological polar surface area (TPSA) is 86.1 Å². The van der Waals surface area contributed by atoms with E-state index in [-0.39, 0.29) is 11.4 Å². The summed E-state index contributed by atoms with van der Waals surface area (Å²) >= 11 is 0. The highest BCUT2D eigenvalue weighted by Crippen LogP contribution is 2.25. The molecule has 0 spiro atoms. The monoisotopic (exact) mass is 346 g/mol. The molecule has 3 aromatic rings. The number of aromatic nitrogens is 3. The number of carbonyl (C=O) groups is 1. The summed E-state index contributed by atoms with van der Waals surface area (Å²) in [4.78, 5) is 24.4. The number of fused-ring (bicyclic) bond motifs is 1. The van der Waals surface area contributed by atoms with Crippen LogP contribution >= 0.6 is 0 Å². The van der Waals surface area contributed by atoms with Crippen LogP contribution in [0.2, 0.25) is 0 Å². The smallest absolute Gasteiger partial charge is 0.387 e. The van der Waals surface area contributed by atoms with Crippen molar-refractivity contribution >= 4 is 22.5 Å². The zero-order valence-electron chi connectivity index (χ0n) is 12.7. The van der Waals surface area contributed by atoms with E-state index in [4.69, 9.17) is 0 Å². The molecule has 1 heterocycles. The van der Waals surface area contributed by atoms with Gasteiger partial charge in [0.15, 0.2) is 0 Å². The summed E-state index contributed by atoms with van der Waals surface area (Å²) in [6.45, 7) is -3.44.